The van der Waals surface area contributed by atoms with Gasteiger partial charge in [-0.25, -0.2) is 4.39 Å². The van der Waals surface area contributed by atoms with Gasteiger partial charge in [-0.05, 0) is 65.1 Å². The zero-order chi connectivity index (χ0) is 22.6. The van der Waals surface area contributed by atoms with Crippen LogP contribution in [-0.4, -0.2) is 6.61 Å². The number of nitrogens with zero attached hydrogens (tertiary/aromatic N) is 1. The van der Waals surface area contributed by atoms with Crippen molar-refractivity contribution in [2.24, 2.45) is 0 Å². The van der Waals surface area contributed by atoms with E-state index in [-0.39, 0.29) is 5.82 Å². The van der Waals surface area contributed by atoms with Crippen LogP contribution < -0.4 is 4.74 Å². The van der Waals surface area contributed by atoms with Gasteiger partial charge in [0, 0.05) is 0 Å². The quantitative estimate of drug-likeness (QED) is 0.270. The Morgan fingerprint density at radius 2 is 1.47 bits per heavy atom. The third-order valence-electron chi connectivity index (χ3n) is 5.72. The summed E-state index contributed by atoms with van der Waals surface area (Å²) in [5.74, 6) is 0.552. The molecule has 0 bridgehead atoms. The molecule has 0 aliphatic rings. The lowest BCUT2D eigenvalue weighted by Gasteiger charge is -2.14. The molecule has 3 aromatic carbocycles. The number of ether oxygens (including phenoxy) is 1. The fourth-order valence-electron chi connectivity index (χ4n) is 3.91. The molecule has 3 aromatic rings. The first-order valence-electron chi connectivity index (χ1n) is 11.7. The number of hydrogen-bond donors (Lipinski definition) is 0. The summed E-state index contributed by atoms with van der Waals surface area (Å²) in [5.41, 5.74) is 4.31. The predicted molar refractivity (Wildman–Crippen MR) is 130 cm³/mol. The molecule has 0 amide bonds. The monoisotopic (exact) mass is 429 g/mol. The molecule has 0 radical (unpaired) electrons. The van der Waals surface area contributed by atoms with Gasteiger partial charge < -0.3 is 4.74 Å². The van der Waals surface area contributed by atoms with Gasteiger partial charge in [-0.1, -0.05) is 82.2 Å². The Kier molecular flexibility index (Phi) is 9.32. The van der Waals surface area contributed by atoms with E-state index in [4.69, 9.17) is 10.00 Å². The van der Waals surface area contributed by atoms with Gasteiger partial charge in [0.25, 0.3) is 0 Å². The van der Waals surface area contributed by atoms with Crippen molar-refractivity contribution in [3.8, 4) is 34.1 Å². The largest absolute Gasteiger partial charge is 0.494 e. The second-order valence-electron chi connectivity index (χ2n) is 8.23. The molecule has 0 atom stereocenters. The van der Waals surface area contributed by atoms with Gasteiger partial charge in [-0.2, -0.15) is 5.26 Å². The number of rotatable bonds is 12. The SMILES string of the molecule is CCCCCCCCCCOc1ccc(-c2cccc(F)c2)c(-c2ccc(C#N)cc2)c1. The third kappa shape index (κ3) is 6.95. The highest BCUT2D eigenvalue weighted by atomic mass is 19.1. The maximum atomic E-state index is 13.9. The number of hydrogen-bond acceptors (Lipinski definition) is 2. The van der Waals surface area contributed by atoms with Gasteiger partial charge in [0.05, 0.1) is 18.2 Å². The summed E-state index contributed by atoms with van der Waals surface area (Å²) in [6, 6.07) is 22.2. The van der Waals surface area contributed by atoms with Crippen molar-refractivity contribution in [3.05, 3.63) is 78.1 Å². The molecule has 166 valence electrons. The average molecular weight is 430 g/mol. The van der Waals surface area contributed by atoms with Crippen molar-refractivity contribution < 1.29 is 9.13 Å². The molecule has 32 heavy (non-hydrogen) atoms. The Morgan fingerprint density at radius 1 is 0.750 bits per heavy atom. The molecule has 3 heteroatoms. The highest BCUT2D eigenvalue weighted by Crippen LogP contribution is 2.35. The summed E-state index contributed by atoms with van der Waals surface area (Å²) >= 11 is 0. The minimum atomic E-state index is -0.261. The number of halogens is 1. The lowest BCUT2D eigenvalue weighted by atomic mass is 9.94. The minimum absolute atomic E-state index is 0.261. The fourth-order valence-corrected chi connectivity index (χ4v) is 3.91. The normalized spacial score (nSPS) is 10.7. The van der Waals surface area contributed by atoms with E-state index in [2.05, 4.69) is 13.0 Å². The summed E-state index contributed by atoms with van der Waals surface area (Å²) in [7, 11) is 0. The molecule has 0 aliphatic heterocycles. The topological polar surface area (TPSA) is 33.0 Å². The lowest BCUT2D eigenvalue weighted by Crippen LogP contribution is -1.98. The molecule has 0 saturated heterocycles. The van der Waals surface area contributed by atoms with Crippen molar-refractivity contribution in [2.45, 2.75) is 58.3 Å². The van der Waals surface area contributed by atoms with Gasteiger partial charge in [-0.3, -0.25) is 0 Å². The Labute approximate surface area is 191 Å². The first kappa shape index (κ1) is 23.5. The lowest BCUT2D eigenvalue weighted by molar-refractivity contribution is 0.304. The molecule has 0 N–H and O–H groups in total. The average Bonchev–Trinajstić information content (AvgIpc) is 2.83. The predicted octanol–water partition coefficient (Wildman–Crippen LogP) is 8.55. The molecule has 0 aliphatic carbocycles. The van der Waals surface area contributed by atoms with E-state index in [1.54, 1.807) is 24.3 Å². The van der Waals surface area contributed by atoms with Crippen LogP contribution in [0, 0.1) is 17.1 Å². The first-order valence-corrected chi connectivity index (χ1v) is 11.7. The third-order valence-corrected chi connectivity index (χ3v) is 5.72. The molecule has 0 spiro atoms. The van der Waals surface area contributed by atoms with Crippen LogP contribution in [0.5, 0.6) is 5.75 Å². The zero-order valence-corrected chi connectivity index (χ0v) is 18.9. The van der Waals surface area contributed by atoms with E-state index in [0.29, 0.717) is 12.2 Å². The molecular weight excluding hydrogens is 397 g/mol. The van der Waals surface area contributed by atoms with Gasteiger partial charge in [0.1, 0.15) is 11.6 Å². The van der Waals surface area contributed by atoms with Crippen molar-refractivity contribution in [3.63, 3.8) is 0 Å². The zero-order valence-electron chi connectivity index (χ0n) is 18.9. The Bertz CT molecular complexity index is 1020. The molecule has 3 rings (SSSR count). The van der Waals surface area contributed by atoms with E-state index >= 15 is 0 Å². The van der Waals surface area contributed by atoms with Crippen molar-refractivity contribution in [1.29, 1.82) is 5.26 Å². The first-order chi connectivity index (χ1) is 15.7. The summed E-state index contributed by atoms with van der Waals surface area (Å²) in [5, 5.41) is 9.11. The Morgan fingerprint density at radius 3 is 2.16 bits per heavy atom. The summed E-state index contributed by atoms with van der Waals surface area (Å²) in [6.45, 7) is 2.94. The maximum Gasteiger partial charge on any atom is 0.123 e. The summed E-state index contributed by atoms with van der Waals surface area (Å²) in [4.78, 5) is 0. The van der Waals surface area contributed by atoms with Crippen LogP contribution in [0.2, 0.25) is 0 Å². The maximum absolute atomic E-state index is 13.9. The molecule has 0 aromatic heterocycles. The van der Waals surface area contributed by atoms with Crippen LogP contribution in [0.25, 0.3) is 22.3 Å². The molecular formula is C29H32FNO. The molecule has 0 unspecified atom stereocenters. The molecule has 0 fully saturated rings. The van der Waals surface area contributed by atoms with Gasteiger partial charge in [0.15, 0.2) is 0 Å². The highest BCUT2D eigenvalue weighted by molar-refractivity contribution is 5.84. The second-order valence-corrected chi connectivity index (χ2v) is 8.23. The fraction of sp³-hybridized carbons (Fsp3) is 0.345. The Balaban J connectivity index is 1.68. The van der Waals surface area contributed by atoms with Crippen LogP contribution in [0.1, 0.15) is 63.9 Å². The van der Waals surface area contributed by atoms with Crippen molar-refractivity contribution in [2.75, 3.05) is 6.61 Å². The van der Waals surface area contributed by atoms with Crippen LogP contribution >= 0.6 is 0 Å². The van der Waals surface area contributed by atoms with Crippen LogP contribution in [-0.2, 0) is 0 Å². The number of benzene rings is 3. The molecule has 0 heterocycles. The highest BCUT2D eigenvalue weighted by Gasteiger charge is 2.11. The van der Waals surface area contributed by atoms with E-state index in [9.17, 15) is 4.39 Å². The van der Waals surface area contributed by atoms with E-state index < -0.39 is 0 Å². The van der Waals surface area contributed by atoms with Crippen LogP contribution in [0.4, 0.5) is 4.39 Å². The van der Waals surface area contributed by atoms with Gasteiger partial charge in [-0.15, -0.1) is 0 Å². The summed E-state index contributed by atoms with van der Waals surface area (Å²) < 4.78 is 19.9. The Hall–Kier alpha value is -3.12. The smallest absolute Gasteiger partial charge is 0.123 e. The van der Waals surface area contributed by atoms with Gasteiger partial charge >= 0.3 is 0 Å². The molecule has 2 nitrogen and oxygen atoms in total. The van der Waals surface area contributed by atoms with E-state index in [1.165, 1.54) is 51.0 Å². The van der Waals surface area contributed by atoms with Crippen LogP contribution in [0.3, 0.4) is 0 Å². The van der Waals surface area contributed by atoms with E-state index in [0.717, 1.165) is 34.4 Å². The van der Waals surface area contributed by atoms with Gasteiger partial charge in [0.2, 0.25) is 0 Å². The van der Waals surface area contributed by atoms with Crippen LogP contribution in [0.15, 0.2) is 66.7 Å². The van der Waals surface area contributed by atoms with Crippen molar-refractivity contribution in [1.82, 2.24) is 0 Å². The second kappa shape index (κ2) is 12.7. The van der Waals surface area contributed by atoms with E-state index in [1.807, 2.05) is 36.4 Å². The number of nitriles is 1. The summed E-state index contributed by atoms with van der Waals surface area (Å²) in [6.07, 6.45) is 10.1. The number of unbranched alkanes of at least 4 members (excludes halogenated alkanes) is 7. The standard InChI is InChI=1S/C29H32FNO/c1-2-3-4-5-6-7-8-9-19-32-27-17-18-28(25-11-10-12-26(30)20-25)29(21-27)24-15-13-23(22-31)14-16-24/h10-18,20-21H,2-9,19H2,1H3. The molecule has 0 saturated carbocycles. The minimum Gasteiger partial charge on any atom is -0.494 e. The van der Waals surface area contributed by atoms with Crippen molar-refractivity contribution >= 4 is 0 Å².